The predicted octanol–water partition coefficient (Wildman–Crippen LogP) is 7.82. The zero-order valence-electron chi connectivity index (χ0n) is 18.4. The SMILES string of the molecule is CC(C)(C)c1ccc2oc(Nc3cccc4c3C(C)(C)CCC4(C)C)cc2c1. The maximum absolute atomic E-state index is 6.14. The highest BCUT2D eigenvalue weighted by Gasteiger charge is 2.38. The van der Waals surface area contributed by atoms with Gasteiger partial charge in [-0.3, -0.25) is 0 Å². The smallest absolute Gasteiger partial charge is 0.198 e. The molecule has 0 amide bonds. The third-order valence-electron chi connectivity index (χ3n) is 6.49. The van der Waals surface area contributed by atoms with Gasteiger partial charge in [-0.05, 0) is 64.0 Å². The molecule has 0 fully saturated rings. The molecule has 0 atom stereocenters. The summed E-state index contributed by atoms with van der Waals surface area (Å²) in [4.78, 5) is 0. The van der Waals surface area contributed by atoms with Crippen LogP contribution in [0.4, 0.5) is 11.6 Å². The van der Waals surface area contributed by atoms with Crippen LogP contribution in [0.5, 0.6) is 0 Å². The predicted molar refractivity (Wildman–Crippen MR) is 120 cm³/mol. The molecule has 1 aliphatic carbocycles. The van der Waals surface area contributed by atoms with Crippen molar-refractivity contribution in [2.45, 2.75) is 77.6 Å². The second kappa shape index (κ2) is 6.14. The molecule has 2 nitrogen and oxygen atoms in total. The quantitative estimate of drug-likeness (QED) is 0.494. The van der Waals surface area contributed by atoms with Gasteiger partial charge in [-0.25, -0.2) is 0 Å². The molecule has 0 spiro atoms. The molecule has 0 bridgehead atoms. The van der Waals surface area contributed by atoms with Crippen LogP contribution in [-0.4, -0.2) is 0 Å². The van der Waals surface area contributed by atoms with Gasteiger partial charge in [0.1, 0.15) is 5.58 Å². The van der Waals surface area contributed by atoms with Crippen LogP contribution in [0.15, 0.2) is 46.9 Å². The molecule has 28 heavy (non-hydrogen) atoms. The molecule has 3 aromatic rings. The van der Waals surface area contributed by atoms with Gasteiger partial charge in [0.15, 0.2) is 5.88 Å². The molecule has 2 heteroatoms. The Morgan fingerprint density at radius 1 is 0.893 bits per heavy atom. The van der Waals surface area contributed by atoms with Gasteiger partial charge in [0, 0.05) is 17.1 Å². The number of hydrogen-bond donors (Lipinski definition) is 1. The Morgan fingerprint density at radius 2 is 1.61 bits per heavy atom. The maximum Gasteiger partial charge on any atom is 0.198 e. The Morgan fingerprint density at radius 3 is 2.32 bits per heavy atom. The lowest BCUT2D eigenvalue weighted by molar-refractivity contribution is 0.333. The monoisotopic (exact) mass is 375 g/mol. The summed E-state index contributed by atoms with van der Waals surface area (Å²) in [5, 5.41) is 4.76. The van der Waals surface area contributed by atoms with E-state index in [1.165, 1.54) is 35.2 Å². The lowest BCUT2D eigenvalue weighted by Crippen LogP contribution is -2.34. The summed E-state index contributed by atoms with van der Waals surface area (Å²) < 4.78 is 6.14. The minimum absolute atomic E-state index is 0.132. The summed E-state index contributed by atoms with van der Waals surface area (Å²) >= 11 is 0. The fourth-order valence-electron chi connectivity index (χ4n) is 4.54. The molecule has 1 aromatic heterocycles. The topological polar surface area (TPSA) is 25.2 Å². The van der Waals surface area contributed by atoms with Crippen molar-refractivity contribution < 1.29 is 4.42 Å². The van der Waals surface area contributed by atoms with E-state index in [1.807, 2.05) is 0 Å². The molecule has 2 aromatic carbocycles. The first kappa shape index (κ1) is 19.1. The highest BCUT2D eigenvalue weighted by atomic mass is 16.3. The number of hydrogen-bond acceptors (Lipinski definition) is 2. The average molecular weight is 376 g/mol. The van der Waals surface area contributed by atoms with Crippen molar-refractivity contribution in [1.82, 2.24) is 0 Å². The van der Waals surface area contributed by atoms with Crippen LogP contribution in [0.2, 0.25) is 0 Å². The minimum Gasteiger partial charge on any atom is -0.440 e. The molecular weight excluding hydrogens is 342 g/mol. The molecule has 4 rings (SSSR count). The van der Waals surface area contributed by atoms with Crippen LogP contribution in [0, 0.1) is 0 Å². The van der Waals surface area contributed by atoms with Gasteiger partial charge in [0.2, 0.25) is 0 Å². The minimum atomic E-state index is 0.132. The van der Waals surface area contributed by atoms with Gasteiger partial charge in [-0.2, -0.15) is 0 Å². The number of furan rings is 1. The van der Waals surface area contributed by atoms with Crippen molar-refractivity contribution in [2.24, 2.45) is 0 Å². The summed E-state index contributed by atoms with van der Waals surface area (Å²) in [6.45, 7) is 16.2. The Balaban J connectivity index is 1.76. The molecule has 148 valence electrons. The number of rotatable bonds is 2. The highest BCUT2D eigenvalue weighted by Crippen LogP contribution is 2.49. The summed E-state index contributed by atoms with van der Waals surface area (Å²) in [7, 11) is 0. The third-order valence-corrected chi connectivity index (χ3v) is 6.49. The van der Waals surface area contributed by atoms with Crippen molar-refractivity contribution in [2.75, 3.05) is 5.32 Å². The van der Waals surface area contributed by atoms with Gasteiger partial charge in [0.05, 0.1) is 0 Å². The van der Waals surface area contributed by atoms with E-state index >= 15 is 0 Å². The summed E-state index contributed by atoms with van der Waals surface area (Å²) in [6, 6.07) is 15.3. The Bertz CT molecular complexity index is 1030. The molecule has 1 aliphatic rings. The first-order valence-electron chi connectivity index (χ1n) is 10.4. The van der Waals surface area contributed by atoms with Crippen LogP contribution in [-0.2, 0) is 16.2 Å². The first-order valence-corrected chi connectivity index (χ1v) is 10.4. The second-order valence-corrected chi connectivity index (χ2v) is 10.7. The number of fused-ring (bicyclic) bond motifs is 2. The van der Waals surface area contributed by atoms with E-state index in [0.29, 0.717) is 0 Å². The van der Waals surface area contributed by atoms with E-state index in [4.69, 9.17) is 4.42 Å². The van der Waals surface area contributed by atoms with Gasteiger partial charge in [0.25, 0.3) is 0 Å². The van der Waals surface area contributed by atoms with E-state index in [0.717, 1.165) is 16.9 Å². The molecular formula is C26H33NO. The van der Waals surface area contributed by atoms with E-state index in [1.54, 1.807) is 0 Å². The van der Waals surface area contributed by atoms with Gasteiger partial charge < -0.3 is 9.73 Å². The summed E-state index contributed by atoms with van der Waals surface area (Å²) in [5.74, 6) is 0.814. The number of anilines is 2. The van der Waals surface area contributed by atoms with Gasteiger partial charge >= 0.3 is 0 Å². The Hall–Kier alpha value is -2.22. The zero-order valence-corrected chi connectivity index (χ0v) is 18.4. The molecule has 0 unspecified atom stereocenters. The standard InChI is InChI=1S/C26H33NO/c1-24(2,3)18-11-12-21-17(15-18)16-22(28-21)27-20-10-8-9-19-23(20)26(6,7)14-13-25(19,4)5/h8-12,15-16,27H,13-14H2,1-7H3. The lowest BCUT2D eigenvalue weighted by Gasteiger charge is -2.42. The zero-order chi connectivity index (χ0) is 20.3. The molecule has 1 N–H and O–H groups in total. The normalized spacial score (nSPS) is 18.1. The highest BCUT2D eigenvalue weighted by molar-refractivity contribution is 5.83. The number of nitrogens with one attached hydrogen (secondary N) is 1. The molecule has 0 saturated carbocycles. The fraction of sp³-hybridized carbons (Fsp3) is 0.462. The maximum atomic E-state index is 6.14. The molecule has 0 aliphatic heterocycles. The first-order chi connectivity index (χ1) is 13.0. The lowest BCUT2D eigenvalue weighted by atomic mass is 9.62. The largest absolute Gasteiger partial charge is 0.440 e. The number of benzene rings is 2. The van der Waals surface area contributed by atoms with Gasteiger partial charge in [-0.1, -0.05) is 66.7 Å². The average Bonchev–Trinajstić information content (AvgIpc) is 2.99. The van der Waals surface area contributed by atoms with Crippen LogP contribution >= 0.6 is 0 Å². The molecule has 0 radical (unpaired) electrons. The van der Waals surface area contributed by atoms with Gasteiger partial charge in [-0.15, -0.1) is 0 Å². The van der Waals surface area contributed by atoms with Crippen molar-refractivity contribution >= 4 is 22.5 Å². The van der Waals surface area contributed by atoms with Crippen LogP contribution in [0.1, 0.15) is 78.0 Å². The van der Waals surface area contributed by atoms with E-state index < -0.39 is 0 Å². The molecule has 1 heterocycles. The van der Waals surface area contributed by atoms with Crippen LogP contribution < -0.4 is 5.32 Å². The van der Waals surface area contributed by atoms with Crippen molar-refractivity contribution in [3.63, 3.8) is 0 Å². The fourth-order valence-corrected chi connectivity index (χ4v) is 4.54. The Labute approximate surface area is 169 Å². The van der Waals surface area contributed by atoms with E-state index in [2.05, 4.69) is 96.2 Å². The Kier molecular flexibility index (Phi) is 4.19. The van der Waals surface area contributed by atoms with Crippen LogP contribution in [0.25, 0.3) is 11.0 Å². The van der Waals surface area contributed by atoms with Crippen molar-refractivity contribution in [3.8, 4) is 0 Å². The summed E-state index contributed by atoms with van der Waals surface area (Å²) in [5.41, 5.74) is 6.81. The third kappa shape index (κ3) is 3.23. The summed E-state index contributed by atoms with van der Waals surface area (Å²) in [6.07, 6.45) is 2.41. The van der Waals surface area contributed by atoms with Crippen molar-refractivity contribution in [1.29, 1.82) is 0 Å². The second-order valence-electron chi connectivity index (χ2n) is 10.7. The van der Waals surface area contributed by atoms with E-state index in [-0.39, 0.29) is 16.2 Å². The molecule has 0 saturated heterocycles. The van der Waals surface area contributed by atoms with Crippen LogP contribution in [0.3, 0.4) is 0 Å². The van der Waals surface area contributed by atoms with Crippen molar-refractivity contribution in [3.05, 3.63) is 59.2 Å². The van der Waals surface area contributed by atoms with E-state index in [9.17, 15) is 0 Å².